The van der Waals surface area contributed by atoms with E-state index in [1.807, 2.05) is 6.92 Å². The van der Waals surface area contributed by atoms with E-state index in [0.29, 0.717) is 12.2 Å². The zero-order chi connectivity index (χ0) is 15.1. The van der Waals surface area contributed by atoms with Crippen LogP contribution >= 0.6 is 11.8 Å². The number of hydrogen-bond donors (Lipinski definition) is 5. The van der Waals surface area contributed by atoms with Gasteiger partial charge in [0.2, 0.25) is 0 Å². The fourth-order valence-corrected chi connectivity index (χ4v) is 2.62. The molecule has 0 spiro atoms. The molecule has 1 aliphatic heterocycles. The van der Waals surface area contributed by atoms with Crippen molar-refractivity contribution >= 4 is 23.4 Å². The van der Waals surface area contributed by atoms with Crippen LogP contribution in [-0.4, -0.2) is 47.8 Å². The third kappa shape index (κ3) is 4.39. The minimum absolute atomic E-state index is 0.0882. The Morgan fingerprint density at radius 1 is 1.60 bits per heavy atom. The first-order valence-corrected chi connectivity index (χ1v) is 7.52. The van der Waals surface area contributed by atoms with Gasteiger partial charge in [-0.15, -0.1) is 11.8 Å². The molecule has 0 bridgehead atoms. The second-order valence-corrected chi connectivity index (χ2v) is 5.50. The average Bonchev–Trinajstić information content (AvgIpc) is 2.87. The number of likely N-dealkylation sites (N-methyl/N-ethyl adjacent to an activating group) is 1. The van der Waals surface area contributed by atoms with Crippen LogP contribution in [0.2, 0.25) is 0 Å². The number of aliphatic hydroxyl groups is 1. The Bertz CT molecular complexity index is 400. The molecule has 0 aromatic rings. The van der Waals surface area contributed by atoms with Gasteiger partial charge in [-0.25, -0.2) is 0 Å². The van der Waals surface area contributed by atoms with E-state index in [9.17, 15) is 4.79 Å². The van der Waals surface area contributed by atoms with Gasteiger partial charge in [-0.2, -0.15) is 0 Å². The largest absolute Gasteiger partial charge is 0.395 e. The summed E-state index contributed by atoms with van der Waals surface area (Å²) in [5.74, 6) is 0.162. The molecule has 0 aliphatic carbocycles. The standard InChI is InChI=1S/C12H22N4O3S/c1-3-4-7(13)10(14)11(15-2)12(18)16-8-6-20-9(5-17)19-8/h8-9,13,15,17H,3-6,14H2,1-2H3,(H,16,18)/b11-10+,13-7?. The molecule has 0 aromatic heterocycles. The highest BCUT2D eigenvalue weighted by Gasteiger charge is 2.27. The fourth-order valence-electron chi connectivity index (χ4n) is 1.75. The monoisotopic (exact) mass is 302 g/mol. The highest BCUT2D eigenvalue weighted by Crippen LogP contribution is 2.23. The number of nitrogens with two attached hydrogens (primary N) is 1. The SMILES string of the molecule is CCCC(=N)/C(N)=C(\NC)C(=O)NC1CSC(CO)O1. The number of nitrogens with one attached hydrogen (secondary N) is 3. The Balaban J connectivity index is 2.68. The van der Waals surface area contributed by atoms with Crippen LogP contribution < -0.4 is 16.4 Å². The van der Waals surface area contributed by atoms with E-state index < -0.39 is 12.1 Å². The molecule has 2 unspecified atom stereocenters. The molecule has 1 heterocycles. The lowest BCUT2D eigenvalue weighted by atomic mass is 10.1. The van der Waals surface area contributed by atoms with Crippen LogP contribution in [0.1, 0.15) is 19.8 Å². The second-order valence-electron chi connectivity index (χ2n) is 4.31. The van der Waals surface area contributed by atoms with Crippen LogP contribution in [0.25, 0.3) is 0 Å². The fraction of sp³-hybridized carbons (Fsp3) is 0.667. The van der Waals surface area contributed by atoms with Gasteiger partial charge >= 0.3 is 0 Å². The van der Waals surface area contributed by atoms with E-state index in [4.69, 9.17) is 21.0 Å². The van der Waals surface area contributed by atoms with E-state index in [0.717, 1.165) is 6.42 Å². The van der Waals surface area contributed by atoms with Crippen molar-refractivity contribution in [1.29, 1.82) is 5.41 Å². The van der Waals surface area contributed by atoms with Gasteiger partial charge in [-0.05, 0) is 6.42 Å². The van der Waals surface area contributed by atoms with Crippen LogP contribution in [-0.2, 0) is 9.53 Å². The molecule has 2 atom stereocenters. The molecule has 7 nitrogen and oxygen atoms in total. The molecule has 0 saturated carbocycles. The number of hydrogen-bond acceptors (Lipinski definition) is 7. The van der Waals surface area contributed by atoms with Gasteiger partial charge in [0.25, 0.3) is 5.91 Å². The Labute approximate surface area is 122 Å². The highest BCUT2D eigenvalue weighted by atomic mass is 32.2. The summed E-state index contributed by atoms with van der Waals surface area (Å²) in [6, 6.07) is 0. The van der Waals surface area contributed by atoms with Crippen molar-refractivity contribution in [3.63, 3.8) is 0 Å². The summed E-state index contributed by atoms with van der Waals surface area (Å²) < 4.78 is 5.40. The summed E-state index contributed by atoms with van der Waals surface area (Å²) in [4.78, 5) is 12.1. The quantitative estimate of drug-likeness (QED) is 0.326. The smallest absolute Gasteiger partial charge is 0.271 e. The summed E-state index contributed by atoms with van der Waals surface area (Å²) in [5, 5.41) is 22.2. The molecule has 1 aliphatic rings. The first-order chi connectivity index (χ1) is 9.53. The molecule has 1 saturated heterocycles. The molecular weight excluding hydrogens is 280 g/mol. The molecule has 8 heteroatoms. The number of carbonyl (C=O) groups is 1. The predicted octanol–water partition coefficient (Wildman–Crippen LogP) is -0.280. The van der Waals surface area contributed by atoms with Crippen molar-refractivity contribution in [1.82, 2.24) is 10.6 Å². The Morgan fingerprint density at radius 2 is 2.30 bits per heavy atom. The topological polar surface area (TPSA) is 120 Å². The van der Waals surface area contributed by atoms with Gasteiger partial charge in [-0.3, -0.25) is 4.79 Å². The number of amides is 1. The van der Waals surface area contributed by atoms with Crippen LogP contribution in [0.3, 0.4) is 0 Å². The number of allylic oxidation sites excluding steroid dienone is 1. The zero-order valence-corrected chi connectivity index (χ0v) is 12.5. The normalized spacial score (nSPS) is 23.1. The lowest BCUT2D eigenvalue weighted by Crippen LogP contribution is -2.41. The van der Waals surface area contributed by atoms with Gasteiger partial charge in [-0.1, -0.05) is 13.3 Å². The molecular formula is C12H22N4O3S. The first kappa shape index (κ1) is 16.8. The lowest BCUT2D eigenvalue weighted by molar-refractivity contribution is -0.121. The Hall–Kier alpha value is -1.25. The highest BCUT2D eigenvalue weighted by molar-refractivity contribution is 8.00. The van der Waals surface area contributed by atoms with E-state index in [2.05, 4.69) is 10.6 Å². The first-order valence-electron chi connectivity index (χ1n) is 6.47. The number of thioether (sulfide) groups is 1. The van der Waals surface area contributed by atoms with Crippen molar-refractivity contribution in [2.45, 2.75) is 31.4 Å². The van der Waals surface area contributed by atoms with E-state index in [1.54, 1.807) is 7.05 Å². The van der Waals surface area contributed by atoms with Gasteiger partial charge < -0.3 is 31.6 Å². The van der Waals surface area contributed by atoms with Gasteiger partial charge in [0, 0.05) is 12.8 Å². The van der Waals surface area contributed by atoms with E-state index in [-0.39, 0.29) is 29.1 Å². The Morgan fingerprint density at radius 3 is 2.80 bits per heavy atom. The van der Waals surface area contributed by atoms with Crippen molar-refractivity contribution in [3.8, 4) is 0 Å². The maximum Gasteiger partial charge on any atom is 0.271 e. The van der Waals surface area contributed by atoms with Crippen LogP contribution in [0.15, 0.2) is 11.4 Å². The number of ether oxygens (including phenoxy) is 1. The number of carbonyl (C=O) groups excluding carboxylic acids is 1. The molecule has 1 rings (SSSR count). The zero-order valence-electron chi connectivity index (χ0n) is 11.7. The minimum atomic E-state index is -0.457. The van der Waals surface area contributed by atoms with Crippen molar-refractivity contribution in [2.75, 3.05) is 19.4 Å². The summed E-state index contributed by atoms with van der Waals surface area (Å²) >= 11 is 1.44. The molecule has 114 valence electrons. The molecule has 0 radical (unpaired) electrons. The maximum absolute atomic E-state index is 12.1. The summed E-state index contributed by atoms with van der Waals surface area (Å²) in [6.07, 6.45) is 0.854. The predicted molar refractivity (Wildman–Crippen MR) is 79.3 cm³/mol. The lowest BCUT2D eigenvalue weighted by Gasteiger charge is -2.16. The van der Waals surface area contributed by atoms with E-state index in [1.165, 1.54) is 11.8 Å². The Kier molecular flexibility index (Phi) is 6.83. The maximum atomic E-state index is 12.1. The van der Waals surface area contributed by atoms with Crippen LogP contribution in [0, 0.1) is 5.41 Å². The number of aliphatic hydroxyl groups excluding tert-OH is 1. The molecule has 1 fully saturated rings. The van der Waals surface area contributed by atoms with Crippen molar-refractivity contribution in [2.24, 2.45) is 5.73 Å². The molecule has 6 N–H and O–H groups in total. The van der Waals surface area contributed by atoms with Gasteiger partial charge in [0.15, 0.2) is 0 Å². The van der Waals surface area contributed by atoms with Crippen molar-refractivity contribution in [3.05, 3.63) is 11.4 Å². The van der Waals surface area contributed by atoms with Crippen LogP contribution in [0.4, 0.5) is 0 Å². The second kappa shape index (κ2) is 8.13. The van der Waals surface area contributed by atoms with E-state index >= 15 is 0 Å². The van der Waals surface area contributed by atoms with Gasteiger partial charge in [0.05, 0.1) is 18.0 Å². The minimum Gasteiger partial charge on any atom is -0.395 e. The molecule has 20 heavy (non-hydrogen) atoms. The van der Waals surface area contributed by atoms with Gasteiger partial charge in [0.1, 0.15) is 17.4 Å². The molecule has 1 amide bonds. The van der Waals surface area contributed by atoms with Crippen molar-refractivity contribution < 1.29 is 14.6 Å². The third-order valence-corrected chi connectivity index (χ3v) is 3.89. The third-order valence-electron chi connectivity index (χ3n) is 2.76. The summed E-state index contributed by atoms with van der Waals surface area (Å²) in [6.45, 7) is 1.86. The van der Waals surface area contributed by atoms with Crippen LogP contribution in [0.5, 0.6) is 0 Å². The average molecular weight is 302 g/mol. The summed E-state index contributed by atoms with van der Waals surface area (Å²) in [7, 11) is 1.59. The molecule has 0 aromatic carbocycles. The summed E-state index contributed by atoms with van der Waals surface area (Å²) in [5.41, 5.74) is 6.08. The number of rotatable bonds is 7.